The second-order valence-electron chi connectivity index (χ2n) is 17.9. The van der Waals surface area contributed by atoms with Gasteiger partial charge in [-0.15, -0.1) is 0 Å². The van der Waals surface area contributed by atoms with E-state index in [2.05, 4.69) is 35.8 Å². The maximum atomic E-state index is 13.0. The monoisotopic (exact) mass is 1440 g/mol. The van der Waals surface area contributed by atoms with Gasteiger partial charge in [0.2, 0.25) is 0 Å². The zero-order valence-electron chi connectivity index (χ0n) is 44.3. The molecule has 0 atom stereocenters. The molecule has 532 valence electrons. The number of ether oxygens (including phenoxy) is 2. The van der Waals surface area contributed by atoms with Crippen molar-refractivity contribution in [3.8, 4) is 11.5 Å². The van der Waals surface area contributed by atoms with Crippen molar-refractivity contribution in [2.75, 3.05) is 0 Å². The highest BCUT2D eigenvalue weighted by Crippen LogP contribution is 2.58. The summed E-state index contributed by atoms with van der Waals surface area (Å²) in [5.41, 5.74) is -46.5. The van der Waals surface area contributed by atoms with Crippen molar-refractivity contribution >= 4 is 12.2 Å². The van der Waals surface area contributed by atoms with Crippen molar-refractivity contribution < 1.29 is 198 Å². The van der Waals surface area contributed by atoms with Crippen LogP contribution >= 0.6 is 0 Å². The van der Waals surface area contributed by atoms with Gasteiger partial charge < -0.3 is 40.1 Å². The fourth-order valence-corrected chi connectivity index (χ4v) is 7.03. The summed E-state index contributed by atoms with van der Waals surface area (Å²) < 4.78 is 469. The maximum Gasteiger partial charge on any atom is 0.430 e. The number of alkyl halides is 36. The first-order valence-corrected chi connectivity index (χ1v) is 22.8. The first kappa shape index (κ1) is 84.7. The van der Waals surface area contributed by atoms with Crippen molar-refractivity contribution in [2.24, 2.45) is 0 Å². The lowest BCUT2D eigenvalue weighted by atomic mass is 9.84. The minimum absolute atomic E-state index is 0.00884. The Kier molecular flexibility index (Phi) is 24.4. The van der Waals surface area contributed by atoms with Gasteiger partial charge >= 0.3 is 74.1 Å². The first-order valence-electron chi connectivity index (χ1n) is 22.8. The quantitative estimate of drug-likeness (QED) is 0.0609. The second kappa shape index (κ2) is 27.1. The van der Waals surface area contributed by atoms with Crippen LogP contribution in [0.15, 0.2) is 124 Å². The zero-order chi connectivity index (χ0) is 74.9. The molecule has 44 heteroatoms. The molecule has 0 aliphatic heterocycles. The molecule has 0 bridgehead atoms. The molecule has 4 rings (SSSR count). The van der Waals surface area contributed by atoms with Gasteiger partial charge in [-0.3, -0.25) is 0 Å². The van der Waals surface area contributed by atoms with E-state index in [1.165, 1.54) is 6.08 Å². The molecule has 0 aromatic heterocycles. The van der Waals surface area contributed by atoms with Crippen LogP contribution < -0.4 is 9.47 Å². The highest BCUT2D eigenvalue weighted by Gasteiger charge is 2.77. The summed E-state index contributed by atoms with van der Waals surface area (Å²) in [6, 6.07) is 3.12. The van der Waals surface area contributed by atoms with Gasteiger partial charge in [0.05, 0.1) is 12.5 Å². The van der Waals surface area contributed by atoms with Gasteiger partial charge in [-0.05, 0) is 59.7 Å². The molecule has 6 N–H and O–H groups in total. The standard InChI is InChI=1S/C14H8F12O3.C14H8F12O2.C11H8F6O2.C11H8F6O/c1-2-29-8-4-6(9(27,11(15,16)17)12(18,19)20)3-7(5-8)10(28,13(21,22)23)14(24,25)26;1-2-6-3-7(9(27,11(15,16)17)12(18,19)20)5-8(4-6)10(28,13(21,22)23)14(24,25)26;1-2-19-8-5-3-7(4-6-8)9(18,10(12,13)14)11(15,16)17;1-2-7-3-5-8(6-4-7)9(18,10(12,13)14)11(15,16)17/h2-5,27-28H,1H2;2-5,27-28H,1H2;2-6,18H,1H2;2-6,18H,1H2. The highest BCUT2D eigenvalue weighted by atomic mass is 19.5. The second-order valence-corrected chi connectivity index (χ2v) is 17.9. The first-order chi connectivity index (χ1) is 41.4. The van der Waals surface area contributed by atoms with Crippen LogP contribution in [-0.4, -0.2) is 105 Å². The molecule has 0 saturated carbocycles. The van der Waals surface area contributed by atoms with Gasteiger partial charge in [-0.2, -0.15) is 158 Å². The summed E-state index contributed by atoms with van der Waals surface area (Å²) in [5.74, 6) is -1.45. The Morgan fingerprint density at radius 2 is 0.404 bits per heavy atom. The fraction of sp³-hybridized carbons (Fsp3) is 0.360. The third kappa shape index (κ3) is 16.3. The summed E-state index contributed by atoms with van der Waals surface area (Å²) in [6.45, 7) is 12.1. The lowest BCUT2D eigenvalue weighted by molar-refractivity contribution is -0.379. The van der Waals surface area contributed by atoms with E-state index in [4.69, 9.17) is 10.2 Å². The molecule has 94 heavy (non-hydrogen) atoms. The molecule has 0 spiro atoms. The molecule has 0 heterocycles. The van der Waals surface area contributed by atoms with Crippen molar-refractivity contribution in [3.05, 3.63) is 168 Å². The Hall–Kier alpha value is -7.32. The molecule has 0 aliphatic rings. The number of rotatable bonds is 12. The molecule has 0 aliphatic carbocycles. The van der Waals surface area contributed by atoms with Crippen molar-refractivity contribution in [2.45, 2.75) is 108 Å². The SMILES string of the molecule is C=COc1cc(C(O)(C(F)(F)F)C(F)(F)F)cc(C(O)(C(F)(F)F)C(F)(F)F)c1.C=COc1ccc(C(O)(C(F)(F)F)C(F)(F)F)cc1.C=Cc1cc(C(O)(C(F)(F)F)C(F)(F)F)cc(C(O)(C(F)(F)F)C(F)(F)F)c1.C=Cc1ccc(C(O)(C(F)(F)F)C(F)(F)F)cc1. The van der Waals surface area contributed by atoms with Crippen LogP contribution in [0.5, 0.6) is 11.5 Å². The number of halogens is 36. The molecule has 0 saturated heterocycles. The molecule has 0 unspecified atom stereocenters. The minimum atomic E-state index is -6.64. The Labute approximate surface area is 497 Å². The summed E-state index contributed by atoms with van der Waals surface area (Å²) >= 11 is 0. The van der Waals surface area contributed by atoms with Crippen LogP contribution in [0, 0.1) is 0 Å². The number of aliphatic hydroxyl groups is 6. The molecular weight excluding hydrogens is 1410 g/mol. The van der Waals surface area contributed by atoms with Crippen LogP contribution in [-0.2, 0) is 33.6 Å². The average molecular weight is 1440 g/mol. The van der Waals surface area contributed by atoms with E-state index in [0.717, 1.165) is 30.5 Å². The molecule has 4 aromatic rings. The largest absolute Gasteiger partial charge is 0.466 e. The number of benzene rings is 4. The summed E-state index contributed by atoms with van der Waals surface area (Å²) in [5, 5.41) is 55.1. The van der Waals surface area contributed by atoms with E-state index >= 15 is 0 Å². The van der Waals surface area contributed by atoms with Gasteiger partial charge in [-0.25, -0.2) is 0 Å². The summed E-state index contributed by atoms with van der Waals surface area (Å²) in [4.78, 5) is 0. The molecular formula is C50H32F36O8. The number of hydrogen-bond donors (Lipinski definition) is 6. The Balaban J connectivity index is 0.000000639. The fourth-order valence-electron chi connectivity index (χ4n) is 7.03. The van der Waals surface area contributed by atoms with Crippen molar-refractivity contribution in [1.29, 1.82) is 0 Å². The van der Waals surface area contributed by atoms with E-state index in [1.54, 1.807) is 0 Å². The zero-order valence-corrected chi connectivity index (χ0v) is 44.3. The molecule has 8 nitrogen and oxygen atoms in total. The third-order valence-electron chi connectivity index (χ3n) is 12.0. The number of hydrogen-bond acceptors (Lipinski definition) is 8. The summed E-state index contributed by atoms with van der Waals surface area (Å²) in [7, 11) is 0. The lowest BCUT2D eigenvalue weighted by Crippen LogP contribution is -2.55. The Morgan fingerprint density at radius 1 is 0.223 bits per heavy atom. The smallest absolute Gasteiger partial charge is 0.430 e. The Morgan fingerprint density at radius 3 is 0.596 bits per heavy atom. The van der Waals surface area contributed by atoms with Crippen LogP contribution in [0.4, 0.5) is 158 Å². The predicted octanol–water partition coefficient (Wildman–Crippen LogP) is 17.0. The molecule has 0 radical (unpaired) electrons. The van der Waals surface area contributed by atoms with Crippen molar-refractivity contribution in [3.63, 3.8) is 0 Å². The van der Waals surface area contributed by atoms with E-state index in [9.17, 15) is 178 Å². The average Bonchev–Trinajstić information content (AvgIpc) is 0.736. The normalized spacial score (nSPS) is 14.2. The highest BCUT2D eigenvalue weighted by molar-refractivity contribution is 5.53. The van der Waals surface area contributed by atoms with E-state index in [1.807, 2.05) is 0 Å². The van der Waals surface area contributed by atoms with Crippen molar-refractivity contribution in [1.82, 2.24) is 0 Å². The van der Waals surface area contributed by atoms with E-state index in [-0.39, 0.29) is 36.3 Å². The van der Waals surface area contributed by atoms with Crippen LogP contribution in [0.2, 0.25) is 0 Å². The van der Waals surface area contributed by atoms with Crippen LogP contribution in [0.25, 0.3) is 12.2 Å². The molecule has 0 amide bonds. The van der Waals surface area contributed by atoms with Gasteiger partial charge in [0.15, 0.2) is 0 Å². The lowest BCUT2D eigenvalue weighted by Gasteiger charge is -2.36. The van der Waals surface area contributed by atoms with Gasteiger partial charge in [0.25, 0.3) is 33.6 Å². The maximum absolute atomic E-state index is 13.0. The predicted molar refractivity (Wildman–Crippen MR) is 244 cm³/mol. The van der Waals surface area contributed by atoms with Gasteiger partial charge in [0, 0.05) is 33.4 Å². The minimum Gasteiger partial charge on any atom is -0.466 e. The van der Waals surface area contributed by atoms with Gasteiger partial charge in [-0.1, -0.05) is 74.9 Å². The summed E-state index contributed by atoms with van der Waals surface area (Å²) in [6.07, 6.45) is -73.6. The molecule has 0 fully saturated rings. The topological polar surface area (TPSA) is 140 Å². The third-order valence-corrected chi connectivity index (χ3v) is 12.0. The van der Waals surface area contributed by atoms with Crippen LogP contribution in [0.3, 0.4) is 0 Å². The van der Waals surface area contributed by atoms with E-state index < -0.39 is 165 Å². The van der Waals surface area contributed by atoms with E-state index in [0.29, 0.717) is 35.9 Å². The Bertz CT molecular complexity index is 3020. The van der Waals surface area contributed by atoms with Gasteiger partial charge in [0.1, 0.15) is 11.5 Å². The molecule has 4 aromatic carbocycles. The van der Waals surface area contributed by atoms with Crippen LogP contribution in [0.1, 0.15) is 44.5 Å².